The van der Waals surface area contributed by atoms with E-state index >= 15 is 0 Å². The van der Waals surface area contributed by atoms with Gasteiger partial charge in [0.2, 0.25) is 0 Å². The lowest BCUT2D eigenvalue weighted by Gasteiger charge is -2.11. The Balaban J connectivity index is 1.58. The third kappa shape index (κ3) is 7.58. The number of ether oxygens (including phenoxy) is 1. The van der Waals surface area contributed by atoms with Crippen molar-refractivity contribution in [3.8, 4) is 5.75 Å². The third-order valence-electron chi connectivity index (χ3n) is 4.14. The second kappa shape index (κ2) is 12.2. The number of nitrogens with zero attached hydrogens (tertiary/aromatic N) is 1. The zero-order valence-corrected chi connectivity index (χ0v) is 20.4. The molecule has 0 aliphatic carbocycles. The van der Waals surface area contributed by atoms with Crippen LogP contribution in [-0.2, 0) is 14.4 Å². The van der Waals surface area contributed by atoms with Crippen LogP contribution in [-0.4, -0.2) is 30.5 Å². The Morgan fingerprint density at radius 2 is 1.74 bits per heavy atom. The number of benzene rings is 3. The number of carbonyl (C=O) groups is 3. The van der Waals surface area contributed by atoms with Crippen LogP contribution in [0.5, 0.6) is 5.75 Å². The smallest absolute Gasteiger partial charge is 0.329 e. The maximum absolute atomic E-state index is 12.2. The van der Waals surface area contributed by atoms with Gasteiger partial charge in [-0.2, -0.15) is 5.10 Å². The molecule has 3 aromatic carbocycles. The van der Waals surface area contributed by atoms with Crippen molar-refractivity contribution in [3.05, 3.63) is 86.8 Å². The summed E-state index contributed by atoms with van der Waals surface area (Å²) in [5, 5.41) is 9.69. The predicted octanol–water partition coefficient (Wildman–Crippen LogP) is 4.86. The SMILES string of the molecule is O=C(COc1ccc(Br)cc1/C=N\NC(=O)C(=O)Nc1cccc(Cl)c1)Nc1ccccc1Cl. The van der Waals surface area contributed by atoms with Crippen LogP contribution in [0.4, 0.5) is 11.4 Å². The molecule has 3 amide bonds. The van der Waals surface area contributed by atoms with Crippen molar-refractivity contribution >= 4 is 74.4 Å². The Kier molecular flexibility index (Phi) is 9.03. The van der Waals surface area contributed by atoms with Crippen LogP contribution in [0.25, 0.3) is 0 Å². The first-order valence-electron chi connectivity index (χ1n) is 9.68. The van der Waals surface area contributed by atoms with E-state index in [4.69, 9.17) is 27.9 Å². The Morgan fingerprint density at radius 1 is 0.941 bits per heavy atom. The molecule has 0 heterocycles. The van der Waals surface area contributed by atoms with Crippen molar-refractivity contribution in [2.75, 3.05) is 17.2 Å². The highest BCUT2D eigenvalue weighted by atomic mass is 79.9. The molecule has 11 heteroatoms. The van der Waals surface area contributed by atoms with E-state index in [1.165, 1.54) is 12.3 Å². The summed E-state index contributed by atoms with van der Waals surface area (Å²) >= 11 is 15.2. The molecule has 8 nitrogen and oxygen atoms in total. The maximum atomic E-state index is 12.2. The second-order valence-corrected chi connectivity index (χ2v) is 8.42. The minimum absolute atomic E-state index is 0.290. The average molecular weight is 564 g/mol. The number of para-hydroxylation sites is 1. The average Bonchev–Trinajstić information content (AvgIpc) is 2.80. The van der Waals surface area contributed by atoms with Gasteiger partial charge in [0.25, 0.3) is 5.91 Å². The van der Waals surface area contributed by atoms with Crippen molar-refractivity contribution < 1.29 is 19.1 Å². The first kappa shape index (κ1) is 25.2. The molecule has 34 heavy (non-hydrogen) atoms. The van der Waals surface area contributed by atoms with Crippen LogP contribution in [0.15, 0.2) is 76.3 Å². The summed E-state index contributed by atoms with van der Waals surface area (Å²) in [6, 6.07) is 18.2. The number of hydrogen-bond acceptors (Lipinski definition) is 5. The van der Waals surface area contributed by atoms with Gasteiger partial charge in [-0.05, 0) is 48.5 Å². The van der Waals surface area contributed by atoms with Gasteiger partial charge < -0.3 is 15.4 Å². The Morgan fingerprint density at radius 3 is 2.50 bits per heavy atom. The number of amides is 3. The molecule has 3 rings (SSSR count). The molecule has 174 valence electrons. The van der Waals surface area contributed by atoms with Gasteiger partial charge in [0.15, 0.2) is 6.61 Å². The van der Waals surface area contributed by atoms with Crippen molar-refractivity contribution in [3.63, 3.8) is 0 Å². The molecule has 0 atom stereocenters. The maximum Gasteiger partial charge on any atom is 0.329 e. The van der Waals surface area contributed by atoms with E-state index in [2.05, 4.69) is 37.1 Å². The van der Waals surface area contributed by atoms with E-state index in [0.717, 1.165) is 0 Å². The van der Waals surface area contributed by atoms with Gasteiger partial charge in [-0.1, -0.05) is 57.3 Å². The van der Waals surface area contributed by atoms with E-state index in [-0.39, 0.29) is 6.61 Å². The summed E-state index contributed by atoms with van der Waals surface area (Å²) in [6.07, 6.45) is 1.29. The number of carbonyl (C=O) groups excluding carboxylic acids is 3. The first-order valence-corrected chi connectivity index (χ1v) is 11.2. The van der Waals surface area contributed by atoms with Crippen LogP contribution >= 0.6 is 39.1 Å². The van der Waals surface area contributed by atoms with Gasteiger partial charge in [-0.15, -0.1) is 0 Å². The largest absolute Gasteiger partial charge is 0.483 e. The Bertz CT molecular complexity index is 1250. The molecule has 0 fully saturated rings. The summed E-state index contributed by atoms with van der Waals surface area (Å²) < 4.78 is 6.30. The van der Waals surface area contributed by atoms with Crippen LogP contribution in [0, 0.1) is 0 Å². The number of rotatable bonds is 7. The minimum Gasteiger partial charge on any atom is -0.483 e. The van der Waals surface area contributed by atoms with Crippen LogP contribution < -0.4 is 20.8 Å². The van der Waals surface area contributed by atoms with E-state index in [1.807, 2.05) is 0 Å². The highest BCUT2D eigenvalue weighted by Crippen LogP contribution is 2.23. The van der Waals surface area contributed by atoms with Crippen molar-refractivity contribution in [2.45, 2.75) is 0 Å². The fraction of sp³-hybridized carbons (Fsp3) is 0.0435. The molecule has 0 aliphatic heterocycles. The lowest BCUT2D eigenvalue weighted by Crippen LogP contribution is -2.32. The van der Waals surface area contributed by atoms with Gasteiger partial charge in [0, 0.05) is 20.7 Å². The van der Waals surface area contributed by atoms with Crippen molar-refractivity contribution in [2.24, 2.45) is 5.10 Å². The predicted molar refractivity (Wildman–Crippen MR) is 136 cm³/mol. The van der Waals surface area contributed by atoms with Crippen molar-refractivity contribution in [1.29, 1.82) is 0 Å². The highest BCUT2D eigenvalue weighted by molar-refractivity contribution is 9.10. The van der Waals surface area contributed by atoms with Gasteiger partial charge >= 0.3 is 11.8 Å². The quantitative estimate of drug-likeness (QED) is 0.216. The molecular formula is C23H17BrCl2N4O4. The summed E-state index contributed by atoms with van der Waals surface area (Å²) in [7, 11) is 0. The summed E-state index contributed by atoms with van der Waals surface area (Å²) in [4.78, 5) is 36.2. The number of hydrazone groups is 1. The Hall–Kier alpha value is -3.40. The summed E-state index contributed by atoms with van der Waals surface area (Å²) in [5.74, 6) is -1.97. The molecule has 3 aromatic rings. The monoisotopic (exact) mass is 562 g/mol. The second-order valence-electron chi connectivity index (χ2n) is 6.66. The lowest BCUT2D eigenvalue weighted by atomic mass is 10.2. The van der Waals surface area contributed by atoms with Gasteiger partial charge in [-0.25, -0.2) is 5.43 Å². The zero-order chi connectivity index (χ0) is 24.5. The van der Waals surface area contributed by atoms with Gasteiger partial charge in [-0.3, -0.25) is 14.4 Å². The number of halogens is 3. The van der Waals surface area contributed by atoms with Crippen molar-refractivity contribution in [1.82, 2.24) is 5.43 Å². The van der Waals surface area contributed by atoms with E-state index < -0.39 is 17.7 Å². The third-order valence-corrected chi connectivity index (χ3v) is 5.19. The fourth-order valence-electron chi connectivity index (χ4n) is 2.61. The van der Waals surface area contributed by atoms with Gasteiger partial charge in [0.1, 0.15) is 5.75 Å². The zero-order valence-electron chi connectivity index (χ0n) is 17.3. The van der Waals surface area contributed by atoms with Crippen LogP contribution in [0.2, 0.25) is 10.0 Å². The topological polar surface area (TPSA) is 109 Å². The standard InChI is InChI=1S/C23H17BrCl2N4O4/c24-15-8-9-20(34-13-21(31)29-19-7-2-1-6-18(19)26)14(10-15)12-27-30-23(33)22(32)28-17-5-3-4-16(25)11-17/h1-12H,13H2,(H,28,32)(H,29,31)(H,30,33)/b27-12-. The molecule has 0 saturated heterocycles. The summed E-state index contributed by atoms with van der Waals surface area (Å²) in [5.41, 5.74) is 3.43. The molecule has 0 bridgehead atoms. The molecule has 0 aromatic heterocycles. The highest BCUT2D eigenvalue weighted by Gasteiger charge is 2.13. The number of nitrogens with one attached hydrogen (secondary N) is 3. The normalized spacial score (nSPS) is 10.6. The van der Waals surface area contributed by atoms with Crippen LogP contribution in [0.3, 0.4) is 0 Å². The van der Waals surface area contributed by atoms with E-state index in [1.54, 1.807) is 60.7 Å². The molecule has 0 radical (unpaired) electrons. The van der Waals surface area contributed by atoms with Crippen LogP contribution in [0.1, 0.15) is 5.56 Å². The fourth-order valence-corrected chi connectivity index (χ4v) is 3.36. The number of hydrogen-bond donors (Lipinski definition) is 3. The minimum atomic E-state index is -0.979. The first-order chi connectivity index (χ1) is 16.3. The van der Waals surface area contributed by atoms with Gasteiger partial charge in [0.05, 0.1) is 16.9 Å². The molecule has 0 spiro atoms. The molecule has 3 N–H and O–H groups in total. The van der Waals surface area contributed by atoms with E-state index in [0.29, 0.717) is 37.2 Å². The lowest BCUT2D eigenvalue weighted by molar-refractivity contribution is -0.136. The molecule has 0 unspecified atom stereocenters. The molecule has 0 saturated carbocycles. The Labute approximate surface area is 213 Å². The van der Waals surface area contributed by atoms with E-state index in [9.17, 15) is 14.4 Å². The summed E-state index contributed by atoms with van der Waals surface area (Å²) in [6.45, 7) is -0.290. The molecule has 0 aliphatic rings. The number of anilines is 2. The molecular weight excluding hydrogens is 547 g/mol.